The Balaban J connectivity index is 2.62. The van der Waals surface area contributed by atoms with Crippen LogP contribution in [0.15, 0.2) is 6.20 Å². The highest BCUT2D eigenvalue weighted by molar-refractivity contribution is 5.92. The van der Waals surface area contributed by atoms with E-state index in [0.717, 1.165) is 5.56 Å². The Morgan fingerprint density at radius 1 is 1.64 bits per heavy atom. The number of nitrogens with two attached hydrogens (primary N) is 1. The van der Waals surface area contributed by atoms with Crippen LogP contribution in [0.2, 0.25) is 0 Å². The molecule has 0 radical (unpaired) electrons. The van der Waals surface area contributed by atoms with Crippen LogP contribution in [0.4, 0.5) is 5.82 Å². The lowest BCUT2D eigenvalue weighted by molar-refractivity contribution is -0.119. The molecule has 1 aromatic rings. The summed E-state index contributed by atoms with van der Waals surface area (Å²) in [5.41, 5.74) is 6.53. The number of aromatic amines is 1. The average Bonchev–Trinajstić information content (AvgIpc) is 2.50. The maximum absolute atomic E-state index is 11.6. The van der Waals surface area contributed by atoms with Gasteiger partial charge in [-0.05, 0) is 13.8 Å². The highest BCUT2D eigenvalue weighted by Crippen LogP contribution is 2.11. The summed E-state index contributed by atoms with van der Waals surface area (Å²) in [5, 5.41) is 9.25. The van der Waals surface area contributed by atoms with Crippen LogP contribution in [-0.4, -0.2) is 22.1 Å². The summed E-state index contributed by atoms with van der Waals surface area (Å²) in [6.45, 7) is 5.48. The molecule has 0 saturated heterocycles. The van der Waals surface area contributed by atoms with Crippen LogP contribution in [-0.2, 0) is 4.79 Å². The SMILES string of the molecule is Cc1cn[nH]c1NC(=O)C(C)C(C)N. The molecule has 1 rings (SSSR count). The van der Waals surface area contributed by atoms with Crippen molar-refractivity contribution in [2.24, 2.45) is 11.7 Å². The third-order valence-electron chi connectivity index (χ3n) is 2.28. The second-order valence-corrected chi connectivity index (χ2v) is 3.57. The molecular formula is C9H16N4O. The van der Waals surface area contributed by atoms with E-state index in [0.29, 0.717) is 5.82 Å². The molecule has 1 aromatic heterocycles. The fourth-order valence-electron chi connectivity index (χ4n) is 0.949. The molecule has 0 aliphatic carbocycles. The van der Waals surface area contributed by atoms with Crippen molar-refractivity contribution < 1.29 is 4.79 Å². The van der Waals surface area contributed by atoms with Gasteiger partial charge >= 0.3 is 0 Å². The first-order chi connectivity index (χ1) is 6.52. The van der Waals surface area contributed by atoms with Crippen LogP contribution < -0.4 is 11.1 Å². The molecule has 1 heterocycles. The Morgan fingerprint density at radius 3 is 2.71 bits per heavy atom. The van der Waals surface area contributed by atoms with Gasteiger partial charge in [0.25, 0.3) is 0 Å². The van der Waals surface area contributed by atoms with Gasteiger partial charge in [0.1, 0.15) is 5.82 Å². The topological polar surface area (TPSA) is 83.8 Å². The number of aromatic nitrogens is 2. The van der Waals surface area contributed by atoms with Gasteiger partial charge in [-0.15, -0.1) is 0 Å². The first-order valence-electron chi connectivity index (χ1n) is 4.58. The lowest BCUT2D eigenvalue weighted by Gasteiger charge is -2.14. The molecule has 0 bridgehead atoms. The van der Waals surface area contributed by atoms with E-state index in [1.807, 2.05) is 13.8 Å². The van der Waals surface area contributed by atoms with E-state index in [1.165, 1.54) is 0 Å². The van der Waals surface area contributed by atoms with Gasteiger partial charge in [0.2, 0.25) is 5.91 Å². The molecule has 0 saturated carbocycles. The molecule has 0 spiro atoms. The van der Waals surface area contributed by atoms with Gasteiger partial charge in [0, 0.05) is 11.6 Å². The van der Waals surface area contributed by atoms with E-state index >= 15 is 0 Å². The van der Waals surface area contributed by atoms with Gasteiger partial charge in [0.05, 0.1) is 12.1 Å². The Kier molecular flexibility index (Phi) is 3.24. The molecule has 14 heavy (non-hydrogen) atoms. The van der Waals surface area contributed by atoms with Gasteiger partial charge < -0.3 is 11.1 Å². The molecule has 0 aromatic carbocycles. The van der Waals surface area contributed by atoms with Crippen LogP contribution in [0.5, 0.6) is 0 Å². The first kappa shape index (κ1) is 10.7. The minimum Gasteiger partial charge on any atom is -0.327 e. The number of aryl methyl sites for hydroxylation is 1. The molecule has 0 fully saturated rings. The van der Waals surface area contributed by atoms with Crippen molar-refractivity contribution in [3.8, 4) is 0 Å². The molecular weight excluding hydrogens is 180 g/mol. The number of nitrogens with one attached hydrogen (secondary N) is 2. The summed E-state index contributed by atoms with van der Waals surface area (Å²) in [4.78, 5) is 11.6. The van der Waals surface area contributed by atoms with Crippen molar-refractivity contribution in [3.63, 3.8) is 0 Å². The summed E-state index contributed by atoms with van der Waals surface area (Å²) < 4.78 is 0. The molecule has 5 nitrogen and oxygen atoms in total. The molecule has 2 atom stereocenters. The van der Waals surface area contributed by atoms with Gasteiger partial charge in [-0.1, -0.05) is 6.92 Å². The zero-order valence-corrected chi connectivity index (χ0v) is 8.66. The second kappa shape index (κ2) is 4.23. The summed E-state index contributed by atoms with van der Waals surface area (Å²) in [6, 6.07) is -0.154. The number of carbonyl (C=O) groups excluding carboxylic acids is 1. The molecule has 78 valence electrons. The minimum atomic E-state index is -0.210. The fourth-order valence-corrected chi connectivity index (χ4v) is 0.949. The second-order valence-electron chi connectivity index (χ2n) is 3.57. The van der Waals surface area contributed by atoms with E-state index in [9.17, 15) is 4.79 Å². The molecule has 2 unspecified atom stereocenters. The third-order valence-corrected chi connectivity index (χ3v) is 2.28. The van der Waals surface area contributed by atoms with Crippen molar-refractivity contribution in [2.45, 2.75) is 26.8 Å². The Bertz CT molecular complexity index is 318. The first-order valence-corrected chi connectivity index (χ1v) is 4.58. The number of carbonyl (C=O) groups is 1. The van der Waals surface area contributed by atoms with Gasteiger partial charge in [0.15, 0.2) is 0 Å². The number of hydrogen-bond acceptors (Lipinski definition) is 3. The summed E-state index contributed by atoms with van der Waals surface area (Å²) in [5.74, 6) is 0.340. The van der Waals surface area contributed by atoms with Crippen molar-refractivity contribution in [1.29, 1.82) is 0 Å². The third kappa shape index (κ3) is 2.32. The summed E-state index contributed by atoms with van der Waals surface area (Å²) in [7, 11) is 0. The van der Waals surface area contributed by atoms with Crippen molar-refractivity contribution in [2.75, 3.05) is 5.32 Å². The normalized spacial score (nSPS) is 14.9. The van der Waals surface area contributed by atoms with Crippen LogP contribution in [0.25, 0.3) is 0 Å². The predicted molar refractivity (Wildman–Crippen MR) is 54.8 cm³/mol. The van der Waals surface area contributed by atoms with Crippen LogP contribution in [0.1, 0.15) is 19.4 Å². The predicted octanol–water partition coefficient (Wildman–Crippen LogP) is 0.640. The van der Waals surface area contributed by atoms with E-state index in [2.05, 4.69) is 15.5 Å². The maximum Gasteiger partial charge on any atom is 0.229 e. The van der Waals surface area contributed by atoms with Crippen molar-refractivity contribution in [3.05, 3.63) is 11.8 Å². The van der Waals surface area contributed by atoms with Gasteiger partial charge in [-0.2, -0.15) is 5.10 Å². The molecule has 5 heteroatoms. The number of H-pyrrole nitrogens is 1. The Morgan fingerprint density at radius 2 is 2.29 bits per heavy atom. The number of hydrogen-bond donors (Lipinski definition) is 3. The van der Waals surface area contributed by atoms with Crippen molar-refractivity contribution >= 4 is 11.7 Å². The van der Waals surface area contributed by atoms with Crippen LogP contribution >= 0.6 is 0 Å². The minimum absolute atomic E-state index is 0.0904. The highest BCUT2D eigenvalue weighted by Gasteiger charge is 2.17. The fraction of sp³-hybridized carbons (Fsp3) is 0.556. The monoisotopic (exact) mass is 196 g/mol. The van der Waals surface area contributed by atoms with Gasteiger partial charge in [-0.3, -0.25) is 9.89 Å². The average molecular weight is 196 g/mol. The molecule has 0 aliphatic rings. The molecule has 1 amide bonds. The zero-order valence-electron chi connectivity index (χ0n) is 8.66. The maximum atomic E-state index is 11.6. The van der Waals surface area contributed by atoms with E-state index < -0.39 is 0 Å². The summed E-state index contributed by atoms with van der Waals surface area (Å²) in [6.07, 6.45) is 1.66. The van der Waals surface area contributed by atoms with Crippen LogP contribution in [0.3, 0.4) is 0 Å². The molecule has 4 N–H and O–H groups in total. The van der Waals surface area contributed by atoms with E-state index in [-0.39, 0.29) is 17.9 Å². The largest absolute Gasteiger partial charge is 0.327 e. The smallest absolute Gasteiger partial charge is 0.229 e. The quantitative estimate of drug-likeness (QED) is 0.663. The number of rotatable bonds is 3. The van der Waals surface area contributed by atoms with Gasteiger partial charge in [-0.25, -0.2) is 0 Å². The molecule has 0 aliphatic heterocycles. The standard InChI is InChI=1S/C9H16N4O/c1-5-4-11-13-8(5)12-9(14)6(2)7(3)10/h4,6-7H,10H2,1-3H3,(H2,11,12,13,14). The summed E-state index contributed by atoms with van der Waals surface area (Å²) >= 11 is 0. The highest BCUT2D eigenvalue weighted by atomic mass is 16.2. The van der Waals surface area contributed by atoms with E-state index in [1.54, 1.807) is 13.1 Å². The van der Waals surface area contributed by atoms with Crippen LogP contribution in [0, 0.1) is 12.8 Å². The van der Waals surface area contributed by atoms with Crippen molar-refractivity contribution in [1.82, 2.24) is 10.2 Å². The Labute approximate surface area is 83.1 Å². The number of nitrogens with zero attached hydrogens (tertiary/aromatic N) is 1. The van der Waals surface area contributed by atoms with E-state index in [4.69, 9.17) is 5.73 Å². The Hall–Kier alpha value is -1.36. The zero-order chi connectivity index (χ0) is 10.7. The lowest BCUT2D eigenvalue weighted by Crippen LogP contribution is -2.34. The number of anilines is 1. The lowest BCUT2D eigenvalue weighted by atomic mass is 10.0. The number of amides is 1.